The van der Waals surface area contributed by atoms with Gasteiger partial charge in [-0.1, -0.05) is 70.4 Å². The highest BCUT2D eigenvalue weighted by atomic mass is 35.6. The number of alkyl halides is 3. The van der Waals surface area contributed by atoms with Crippen LogP contribution in [0.3, 0.4) is 0 Å². The van der Waals surface area contributed by atoms with Gasteiger partial charge >= 0.3 is 0 Å². The van der Waals surface area contributed by atoms with Gasteiger partial charge in [-0.25, -0.2) is 4.98 Å². The first-order valence-corrected chi connectivity index (χ1v) is 9.34. The third-order valence-electron chi connectivity index (χ3n) is 3.45. The Bertz CT molecular complexity index is 893. The summed E-state index contributed by atoms with van der Waals surface area (Å²) in [5.74, 6) is -0.346. The van der Waals surface area contributed by atoms with Gasteiger partial charge < -0.3 is 10.6 Å². The van der Waals surface area contributed by atoms with Gasteiger partial charge in [0.2, 0.25) is 3.79 Å². The van der Waals surface area contributed by atoms with Crippen molar-refractivity contribution in [3.8, 4) is 0 Å². The number of nitrogens with one attached hydrogen (secondary N) is 2. The second kappa shape index (κ2) is 7.38. The van der Waals surface area contributed by atoms with Crippen molar-refractivity contribution in [2.45, 2.75) is 16.9 Å². The van der Waals surface area contributed by atoms with Crippen LogP contribution in [0.2, 0.25) is 0 Å². The van der Waals surface area contributed by atoms with Crippen LogP contribution >= 0.6 is 46.1 Å². The molecule has 130 valence electrons. The number of amides is 1. The molecule has 0 radical (unpaired) electrons. The predicted octanol–water partition coefficient (Wildman–Crippen LogP) is 5.14. The number of halogens is 3. The first-order chi connectivity index (χ1) is 11.8. The minimum Gasteiger partial charge on any atom is -0.338 e. The zero-order valence-electron chi connectivity index (χ0n) is 13.1. The van der Waals surface area contributed by atoms with E-state index in [1.807, 2.05) is 31.2 Å². The number of carbonyl (C=O) groups excluding carboxylic acids is 1. The fraction of sp³-hybridized carbons (Fsp3) is 0.176. The third-order valence-corrected chi connectivity index (χ3v) is 5.05. The molecule has 1 atom stereocenters. The minimum absolute atomic E-state index is 0.346. The van der Waals surface area contributed by atoms with Gasteiger partial charge in [0, 0.05) is 5.56 Å². The minimum atomic E-state index is -1.75. The van der Waals surface area contributed by atoms with Gasteiger partial charge in [0.15, 0.2) is 5.13 Å². The maximum absolute atomic E-state index is 12.4. The van der Waals surface area contributed by atoms with Gasteiger partial charge in [0.1, 0.15) is 6.17 Å². The number of nitrogens with zero attached hydrogens (tertiary/aromatic N) is 1. The van der Waals surface area contributed by atoms with Gasteiger partial charge in [0.25, 0.3) is 5.91 Å². The Morgan fingerprint density at radius 1 is 1.16 bits per heavy atom. The van der Waals surface area contributed by atoms with Crippen molar-refractivity contribution in [2.24, 2.45) is 0 Å². The lowest BCUT2D eigenvalue weighted by atomic mass is 10.2. The summed E-state index contributed by atoms with van der Waals surface area (Å²) in [7, 11) is 0. The Morgan fingerprint density at radius 2 is 1.88 bits per heavy atom. The number of fused-ring (bicyclic) bond motifs is 1. The second-order valence-corrected chi connectivity index (χ2v) is 8.85. The normalized spacial score (nSPS) is 12.8. The summed E-state index contributed by atoms with van der Waals surface area (Å²) in [5.41, 5.74) is 2.46. The van der Waals surface area contributed by atoms with E-state index in [2.05, 4.69) is 15.6 Å². The summed E-state index contributed by atoms with van der Waals surface area (Å²) in [6.07, 6.45) is -0.938. The summed E-state index contributed by atoms with van der Waals surface area (Å²) in [6, 6.07) is 14.7. The Morgan fingerprint density at radius 3 is 2.56 bits per heavy atom. The molecule has 2 aromatic carbocycles. The van der Waals surface area contributed by atoms with Crippen molar-refractivity contribution in [2.75, 3.05) is 5.32 Å². The molecular weight excluding hydrogens is 401 g/mol. The summed E-state index contributed by atoms with van der Waals surface area (Å²) in [4.78, 5) is 16.8. The number of thiazole rings is 1. The monoisotopic (exact) mass is 413 g/mol. The molecule has 0 fully saturated rings. The van der Waals surface area contributed by atoms with E-state index in [9.17, 15) is 4.79 Å². The summed E-state index contributed by atoms with van der Waals surface area (Å²) in [5, 5.41) is 6.27. The molecule has 2 N–H and O–H groups in total. The molecule has 0 aliphatic rings. The Hall–Kier alpha value is -1.53. The van der Waals surface area contributed by atoms with Crippen LogP contribution in [0.25, 0.3) is 10.2 Å². The lowest BCUT2D eigenvalue weighted by Crippen LogP contribution is -2.49. The molecule has 0 aliphatic carbocycles. The smallest absolute Gasteiger partial charge is 0.252 e. The SMILES string of the molecule is Cc1ccc2nc(N[C@H](NC(=O)c3ccccc3)C(Cl)(Cl)Cl)sc2c1. The fourth-order valence-corrected chi connectivity index (χ4v) is 3.54. The highest BCUT2D eigenvalue weighted by Gasteiger charge is 2.35. The summed E-state index contributed by atoms with van der Waals surface area (Å²) in [6.45, 7) is 2.01. The molecule has 1 aromatic heterocycles. The molecule has 0 saturated heterocycles. The number of carbonyl (C=O) groups is 1. The van der Waals surface area contributed by atoms with Gasteiger partial charge in [-0.05, 0) is 36.8 Å². The van der Waals surface area contributed by atoms with Crippen LogP contribution in [0, 0.1) is 6.92 Å². The van der Waals surface area contributed by atoms with Crippen molar-refractivity contribution in [3.05, 3.63) is 59.7 Å². The van der Waals surface area contributed by atoms with Crippen molar-refractivity contribution < 1.29 is 4.79 Å². The molecule has 1 amide bonds. The largest absolute Gasteiger partial charge is 0.338 e. The molecule has 0 unspecified atom stereocenters. The molecule has 0 bridgehead atoms. The van der Waals surface area contributed by atoms with Crippen LogP contribution in [0.1, 0.15) is 15.9 Å². The van der Waals surface area contributed by atoms with Crippen LogP contribution in [0.5, 0.6) is 0 Å². The van der Waals surface area contributed by atoms with Gasteiger partial charge in [-0.3, -0.25) is 4.79 Å². The highest BCUT2D eigenvalue weighted by molar-refractivity contribution is 7.22. The van der Waals surface area contributed by atoms with Crippen molar-refractivity contribution in [3.63, 3.8) is 0 Å². The first kappa shape index (κ1) is 18.3. The van der Waals surface area contributed by atoms with Gasteiger partial charge in [0.05, 0.1) is 10.2 Å². The standard InChI is InChI=1S/C17H14Cl3N3OS/c1-10-7-8-12-13(9-10)25-16(21-12)23-15(17(18,19)20)22-14(24)11-5-3-2-4-6-11/h2-9,15H,1H3,(H,21,23)(H,22,24)/t15-/m0/s1. The molecular formula is C17H14Cl3N3OS. The first-order valence-electron chi connectivity index (χ1n) is 7.39. The third kappa shape index (κ3) is 4.55. The van der Waals surface area contributed by atoms with E-state index in [0.717, 1.165) is 15.8 Å². The highest BCUT2D eigenvalue weighted by Crippen LogP contribution is 2.33. The molecule has 3 aromatic rings. The van der Waals surface area contributed by atoms with E-state index >= 15 is 0 Å². The van der Waals surface area contributed by atoms with Crippen LogP contribution in [-0.2, 0) is 0 Å². The molecule has 8 heteroatoms. The molecule has 0 spiro atoms. The van der Waals surface area contributed by atoms with Crippen molar-refractivity contribution >= 4 is 67.4 Å². The lowest BCUT2D eigenvalue weighted by molar-refractivity contribution is 0.0942. The number of hydrogen-bond donors (Lipinski definition) is 2. The second-order valence-electron chi connectivity index (χ2n) is 5.45. The van der Waals surface area contributed by atoms with Crippen molar-refractivity contribution in [1.29, 1.82) is 0 Å². The fourth-order valence-electron chi connectivity index (χ4n) is 2.22. The average molecular weight is 415 g/mol. The number of benzene rings is 2. The maximum Gasteiger partial charge on any atom is 0.252 e. The Labute approximate surface area is 164 Å². The van der Waals surface area contributed by atoms with E-state index in [0.29, 0.717) is 10.7 Å². The van der Waals surface area contributed by atoms with E-state index in [1.165, 1.54) is 11.3 Å². The topological polar surface area (TPSA) is 54.0 Å². The number of aryl methyl sites for hydroxylation is 1. The molecule has 3 rings (SSSR count). The van der Waals surface area contributed by atoms with Crippen LogP contribution in [0.4, 0.5) is 5.13 Å². The van der Waals surface area contributed by atoms with Crippen LogP contribution < -0.4 is 10.6 Å². The Kier molecular flexibility index (Phi) is 5.39. The Balaban J connectivity index is 1.82. The summed E-state index contributed by atoms with van der Waals surface area (Å²) < 4.78 is -0.738. The predicted molar refractivity (Wildman–Crippen MR) is 106 cm³/mol. The molecule has 1 heterocycles. The van der Waals surface area contributed by atoms with Crippen molar-refractivity contribution in [1.82, 2.24) is 10.3 Å². The van der Waals surface area contributed by atoms with E-state index in [-0.39, 0.29) is 5.91 Å². The quantitative estimate of drug-likeness (QED) is 0.459. The average Bonchev–Trinajstić information content (AvgIpc) is 2.95. The number of hydrogen-bond acceptors (Lipinski definition) is 4. The van der Waals surface area contributed by atoms with Crippen LogP contribution in [0.15, 0.2) is 48.5 Å². The van der Waals surface area contributed by atoms with E-state index in [4.69, 9.17) is 34.8 Å². The number of rotatable bonds is 4. The zero-order valence-corrected chi connectivity index (χ0v) is 16.2. The summed E-state index contributed by atoms with van der Waals surface area (Å²) >= 11 is 19.5. The van der Waals surface area contributed by atoms with Crippen LogP contribution in [-0.4, -0.2) is 20.8 Å². The maximum atomic E-state index is 12.4. The van der Waals surface area contributed by atoms with E-state index < -0.39 is 9.96 Å². The lowest BCUT2D eigenvalue weighted by Gasteiger charge is -2.26. The van der Waals surface area contributed by atoms with Gasteiger partial charge in [-0.15, -0.1) is 0 Å². The van der Waals surface area contributed by atoms with E-state index in [1.54, 1.807) is 24.3 Å². The number of anilines is 1. The zero-order chi connectivity index (χ0) is 18.0. The molecule has 25 heavy (non-hydrogen) atoms. The van der Waals surface area contributed by atoms with Gasteiger partial charge in [-0.2, -0.15) is 0 Å². The molecule has 0 aliphatic heterocycles. The number of aromatic nitrogens is 1. The molecule has 0 saturated carbocycles. The molecule has 4 nitrogen and oxygen atoms in total.